The molecule has 1 aromatic carbocycles. The molecule has 1 atom stereocenters. The number of carbonyl (C=O) groups excluding carboxylic acids is 4. The quantitative estimate of drug-likeness (QED) is 0.459. The lowest BCUT2D eigenvalue weighted by atomic mass is 10.1. The highest BCUT2D eigenvalue weighted by Crippen LogP contribution is 2.22. The van der Waals surface area contributed by atoms with E-state index in [9.17, 15) is 19.2 Å². The molecule has 0 aliphatic heterocycles. The van der Waals surface area contributed by atoms with E-state index in [0.717, 1.165) is 15.3 Å². The van der Waals surface area contributed by atoms with Gasteiger partial charge in [-0.2, -0.15) is 0 Å². The molecule has 0 bridgehead atoms. The van der Waals surface area contributed by atoms with Gasteiger partial charge >= 0.3 is 11.9 Å². The van der Waals surface area contributed by atoms with Gasteiger partial charge in [0.1, 0.15) is 6.04 Å². The van der Waals surface area contributed by atoms with Gasteiger partial charge in [-0.3, -0.25) is 14.4 Å². The van der Waals surface area contributed by atoms with Gasteiger partial charge in [-0.25, -0.2) is 4.79 Å². The molecule has 0 saturated carbocycles. The Bertz CT molecular complexity index is 906. The zero-order valence-corrected chi connectivity index (χ0v) is 18.0. The zero-order chi connectivity index (χ0) is 22.1. The van der Waals surface area contributed by atoms with Crippen LogP contribution in [0.3, 0.4) is 0 Å². The van der Waals surface area contributed by atoms with Crippen molar-refractivity contribution in [3.05, 3.63) is 57.3 Å². The minimum Gasteiger partial charge on any atom is -0.467 e. The Labute approximate surface area is 179 Å². The van der Waals surface area contributed by atoms with Crippen LogP contribution in [0.15, 0.2) is 36.4 Å². The number of hydrogen-bond acceptors (Lipinski definition) is 7. The summed E-state index contributed by atoms with van der Waals surface area (Å²) in [5, 5.41) is 2.52. The van der Waals surface area contributed by atoms with Crippen LogP contribution in [0, 0.1) is 13.8 Å². The minimum atomic E-state index is -0.894. The van der Waals surface area contributed by atoms with E-state index in [2.05, 4.69) is 5.32 Å². The molecule has 1 amide bonds. The molecule has 2 rings (SSSR count). The Balaban J connectivity index is 1.80. The fraction of sp³-hybridized carbons (Fsp3) is 0.364. The van der Waals surface area contributed by atoms with Crippen LogP contribution in [0.5, 0.6) is 0 Å². The highest BCUT2D eigenvalue weighted by Gasteiger charge is 2.22. The molecule has 8 heteroatoms. The third-order valence-corrected chi connectivity index (χ3v) is 5.33. The van der Waals surface area contributed by atoms with Gasteiger partial charge in [-0.05, 0) is 25.5 Å². The number of rotatable bonds is 10. The summed E-state index contributed by atoms with van der Waals surface area (Å²) in [6.45, 7) is 3.24. The van der Waals surface area contributed by atoms with Crippen LogP contribution in [-0.2, 0) is 30.3 Å². The molecule has 0 spiro atoms. The topological polar surface area (TPSA) is 98.8 Å². The number of amides is 1. The number of nitrogens with one attached hydrogen (secondary N) is 1. The fourth-order valence-corrected chi connectivity index (χ4v) is 3.84. The van der Waals surface area contributed by atoms with Crippen molar-refractivity contribution in [1.82, 2.24) is 5.32 Å². The Hall–Kier alpha value is -3.00. The summed E-state index contributed by atoms with van der Waals surface area (Å²) in [6.07, 6.45) is 0.141. The highest BCUT2D eigenvalue weighted by molar-refractivity contribution is 7.12. The normalized spacial score (nSPS) is 11.4. The largest absolute Gasteiger partial charge is 0.467 e. The van der Waals surface area contributed by atoms with Gasteiger partial charge in [0.25, 0.3) is 5.91 Å². The van der Waals surface area contributed by atoms with Crippen LogP contribution in [0.1, 0.15) is 38.5 Å². The Morgan fingerprint density at radius 1 is 1.07 bits per heavy atom. The lowest BCUT2D eigenvalue weighted by Crippen LogP contribution is -2.44. The van der Waals surface area contributed by atoms with Crippen molar-refractivity contribution in [3.8, 4) is 0 Å². The van der Waals surface area contributed by atoms with Gasteiger partial charge in [0, 0.05) is 28.2 Å². The van der Waals surface area contributed by atoms with Crippen molar-refractivity contribution in [2.24, 2.45) is 0 Å². The predicted molar refractivity (Wildman–Crippen MR) is 112 cm³/mol. The number of carbonyl (C=O) groups is 4. The molecule has 1 unspecified atom stereocenters. The minimum absolute atomic E-state index is 0.0102. The molecule has 160 valence electrons. The number of Topliss-reactive ketones (excluding diaryl/α,β-unsaturated/α-hetero) is 1. The van der Waals surface area contributed by atoms with Crippen LogP contribution in [0.25, 0.3) is 0 Å². The first-order chi connectivity index (χ1) is 14.3. The third kappa shape index (κ3) is 7.11. The first-order valence-electron chi connectivity index (χ1n) is 9.47. The maximum atomic E-state index is 12.2. The van der Waals surface area contributed by atoms with E-state index in [1.807, 2.05) is 44.2 Å². The van der Waals surface area contributed by atoms with Crippen LogP contribution in [0.2, 0.25) is 0 Å². The van der Waals surface area contributed by atoms with Crippen molar-refractivity contribution >= 4 is 35.0 Å². The molecule has 1 aromatic heterocycles. The van der Waals surface area contributed by atoms with E-state index in [0.29, 0.717) is 5.56 Å². The van der Waals surface area contributed by atoms with E-state index in [4.69, 9.17) is 9.47 Å². The SMILES string of the molecule is COC(=O)C(Cc1ccccc1)NC(=O)COC(=O)CCC(=O)c1cc(C)sc1C. The third-order valence-electron chi connectivity index (χ3n) is 4.37. The number of thiophene rings is 1. The predicted octanol–water partition coefficient (Wildman–Crippen LogP) is 2.77. The maximum Gasteiger partial charge on any atom is 0.328 e. The van der Waals surface area contributed by atoms with E-state index in [1.54, 1.807) is 6.07 Å². The van der Waals surface area contributed by atoms with Crippen LogP contribution in [-0.4, -0.2) is 43.4 Å². The van der Waals surface area contributed by atoms with Crippen molar-refractivity contribution in [2.45, 2.75) is 39.2 Å². The van der Waals surface area contributed by atoms with Gasteiger partial charge in [0.05, 0.1) is 13.5 Å². The van der Waals surface area contributed by atoms with Crippen molar-refractivity contribution in [3.63, 3.8) is 0 Å². The fourth-order valence-electron chi connectivity index (χ4n) is 2.90. The molecule has 0 fully saturated rings. The lowest BCUT2D eigenvalue weighted by Gasteiger charge is -2.16. The van der Waals surface area contributed by atoms with Gasteiger partial charge in [0.2, 0.25) is 0 Å². The van der Waals surface area contributed by atoms with E-state index < -0.39 is 30.5 Å². The Morgan fingerprint density at radius 3 is 2.37 bits per heavy atom. The number of hydrogen-bond donors (Lipinski definition) is 1. The molecule has 7 nitrogen and oxygen atoms in total. The summed E-state index contributed by atoms with van der Waals surface area (Å²) in [6, 6.07) is 10.1. The smallest absolute Gasteiger partial charge is 0.328 e. The molecule has 1 N–H and O–H groups in total. The number of methoxy groups -OCH3 is 1. The summed E-state index contributed by atoms with van der Waals surface area (Å²) >= 11 is 1.53. The zero-order valence-electron chi connectivity index (χ0n) is 17.2. The summed E-state index contributed by atoms with van der Waals surface area (Å²) in [4.78, 5) is 50.1. The van der Waals surface area contributed by atoms with E-state index >= 15 is 0 Å². The molecule has 0 aliphatic carbocycles. The first-order valence-corrected chi connectivity index (χ1v) is 10.3. The molecular weight excluding hydrogens is 406 g/mol. The van der Waals surface area contributed by atoms with Gasteiger partial charge in [0.15, 0.2) is 12.4 Å². The second-order valence-corrected chi connectivity index (χ2v) is 8.20. The van der Waals surface area contributed by atoms with E-state index in [-0.39, 0.29) is 25.0 Å². The average molecular weight is 432 g/mol. The van der Waals surface area contributed by atoms with Gasteiger partial charge in [-0.1, -0.05) is 30.3 Å². The molecule has 0 radical (unpaired) electrons. The molecule has 2 aromatic rings. The second-order valence-electron chi connectivity index (χ2n) is 6.74. The molecule has 1 heterocycles. The average Bonchev–Trinajstić information content (AvgIpc) is 3.08. The Morgan fingerprint density at radius 2 is 1.77 bits per heavy atom. The number of esters is 2. The lowest BCUT2D eigenvalue weighted by molar-refractivity contribution is -0.150. The maximum absolute atomic E-state index is 12.2. The molecule has 0 aliphatic rings. The summed E-state index contributed by atoms with van der Waals surface area (Å²) in [7, 11) is 1.24. The number of ether oxygens (including phenoxy) is 2. The number of benzene rings is 1. The number of ketones is 1. The number of aryl methyl sites for hydroxylation is 2. The second kappa shape index (κ2) is 11.3. The summed E-state index contributed by atoms with van der Waals surface area (Å²) in [5.74, 6) is -2.00. The van der Waals surface area contributed by atoms with E-state index in [1.165, 1.54) is 18.4 Å². The van der Waals surface area contributed by atoms with Crippen LogP contribution < -0.4 is 5.32 Å². The molecule has 0 saturated heterocycles. The van der Waals surface area contributed by atoms with Gasteiger partial charge in [-0.15, -0.1) is 11.3 Å². The highest BCUT2D eigenvalue weighted by atomic mass is 32.1. The van der Waals surface area contributed by atoms with Crippen molar-refractivity contribution in [1.29, 1.82) is 0 Å². The van der Waals surface area contributed by atoms with Crippen LogP contribution in [0.4, 0.5) is 0 Å². The molecule has 30 heavy (non-hydrogen) atoms. The standard InChI is InChI=1S/C22H25NO6S/c1-14-11-17(15(2)30-14)19(24)9-10-21(26)29-13-20(25)23-18(22(27)28-3)12-16-7-5-4-6-8-16/h4-8,11,18H,9-10,12-13H2,1-3H3,(H,23,25). The van der Waals surface area contributed by atoms with Crippen LogP contribution >= 0.6 is 11.3 Å². The van der Waals surface area contributed by atoms with Gasteiger partial charge < -0.3 is 14.8 Å². The Kier molecular flexibility index (Phi) is 8.73. The van der Waals surface area contributed by atoms with Crippen molar-refractivity contribution in [2.75, 3.05) is 13.7 Å². The summed E-state index contributed by atoms with van der Waals surface area (Å²) in [5.41, 5.74) is 1.47. The summed E-state index contributed by atoms with van der Waals surface area (Å²) < 4.78 is 9.67. The first kappa shape index (κ1) is 23.3. The van der Waals surface area contributed by atoms with Crippen molar-refractivity contribution < 1.29 is 28.7 Å². The monoisotopic (exact) mass is 431 g/mol. The molecular formula is C22H25NO6S.